The summed E-state index contributed by atoms with van der Waals surface area (Å²) in [6, 6.07) is 3.66. The number of nitrogens with two attached hydrogens (primary N) is 1. The first-order chi connectivity index (χ1) is 9.61. The first-order valence-corrected chi connectivity index (χ1v) is 7.86. The maximum Gasteiger partial charge on any atom is 0.264 e. The van der Waals surface area contributed by atoms with Crippen molar-refractivity contribution in [1.29, 1.82) is 0 Å². The summed E-state index contributed by atoms with van der Waals surface area (Å²) in [5.41, 5.74) is 5.81. The van der Waals surface area contributed by atoms with E-state index in [0.29, 0.717) is 32.6 Å². The van der Waals surface area contributed by atoms with Gasteiger partial charge in [-0.2, -0.15) is 0 Å². The molecule has 5 nitrogen and oxygen atoms in total. The van der Waals surface area contributed by atoms with Crippen molar-refractivity contribution in [1.82, 2.24) is 9.80 Å². The molecule has 110 valence electrons. The molecule has 1 aromatic heterocycles. The normalized spacial score (nSPS) is 17.1. The maximum absolute atomic E-state index is 12.2. The molecular formula is C14H21N3O2S. The van der Waals surface area contributed by atoms with Crippen LogP contribution in [0.3, 0.4) is 0 Å². The van der Waals surface area contributed by atoms with E-state index in [1.807, 2.05) is 34.2 Å². The molecule has 0 radical (unpaired) electrons. The molecular weight excluding hydrogens is 274 g/mol. The molecule has 0 aromatic carbocycles. The quantitative estimate of drug-likeness (QED) is 0.906. The van der Waals surface area contributed by atoms with Gasteiger partial charge in [0.15, 0.2) is 0 Å². The van der Waals surface area contributed by atoms with E-state index < -0.39 is 0 Å². The molecule has 2 N–H and O–H groups in total. The molecule has 1 fully saturated rings. The second kappa shape index (κ2) is 6.85. The fourth-order valence-electron chi connectivity index (χ4n) is 2.21. The number of carbonyl (C=O) groups excluding carboxylic acids is 2. The van der Waals surface area contributed by atoms with E-state index >= 15 is 0 Å². The van der Waals surface area contributed by atoms with Crippen molar-refractivity contribution in [2.75, 3.05) is 26.2 Å². The summed E-state index contributed by atoms with van der Waals surface area (Å²) in [6.07, 6.45) is 1.21. The van der Waals surface area contributed by atoms with Gasteiger partial charge < -0.3 is 15.5 Å². The molecule has 0 spiro atoms. The van der Waals surface area contributed by atoms with Crippen molar-refractivity contribution in [2.45, 2.75) is 25.8 Å². The molecule has 1 aromatic rings. The lowest BCUT2D eigenvalue weighted by atomic mass is 10.1. The van der Waals surface area contributed by atoms with Crippen molar-refractivity contribution >= 4 is 23.2 Å². The summed E-state index contributed by atoms with van der Waals surface area (Å²) in [4.78, 5) is 28.6. The highest BCUT2D eigenvalue weighted by Gasteiger charge is 2.25. The fourth-order valence-corrected chi connectivity index (χ4v) is 2.90. The summed E-state index contributed by atoms with van der Waals surface area (Å²) in [6.45, 7) is 4.39. The van der Waals surface area contributed by atoms with Gasteiger partial charge in [0.05, 0.1) is 4.88 Å². The van der Waals surface area contributed by atoms with E-state index in [1.54, 1.807) is 0 Å². The minimum Gasteiger partial charge on any atom is -0.339 e. The summed E-state index contributed by atoms with van der Waals surface area (Å²) in [5.74, 6) is 0.167. The second-order valence-electron chi connectivity index (χ2n) is 5.02. The van der Waals surface area contributed by atoms with Crippen LogP contribution in [-0.4, -0.2) is 53.8 Å². The lowest BCUT2D eigenvalue weighted by Crippen LogP contribution is -2.51. The topological polar surface area (TPSA) is 66.6 Å². The van der Waals surface area contributed by atoms with Gasteiger partial charge in [0.25, 0.3) is 5.91 Å². The average Bonchev–Trinajstić information content (AvgIpc) is 3.00. The number of hydrogen-bond acceptors (Lipinski definition) is 4. The Bertz CT molecular complexity index is 453. The smallest absolute Gasteiger partial charge is 0.264 e. The van der Waals surface area contributed by atoms with Crippen LogP contribution in [0.25, 0.3) is 0 Å². The Hall–Kier alpha value is -1.40. The Balaban J connectivity index is 1.83. The Labute approximate surface area is 123 Å². The van der Waals surface area contributed by atoms with Crippen molar-refractivity contribution in [3.05, 3.63) is 22.4 Å². The molecule has 1 aliphatic rings. The molecule has 6 heteroatoms. The van der Waals surface area contributed by atoms with Crippen LogP contribution in [0.2, 0.25) is 0 Å². The third-order valence-electron chi connectivity index (χ3n) is 3.61. The number of thiophene rings is 1. The minimum absolute atomic E-state index is 0.0618. The molecule has 1 atom stereocenters. The first kappa shape index (κ1) is 15.0. The summed E-state index contributed by atoms with van der Waals surface area (Å²) in [7, 11) is 0. The fraction of sp³-hybridized carbons (Fsp3) is 0.571. The van der Waals surface area contributed by atoms with Gasteiger partial charge >= 0.3 is 0 Å². The minimum atomic E-state index is -0.0618. The van der Waals surface area contributed by atoms with Gasteiger partial charge in [-0.05, 0) is 17.9 Å². The van der Waals surface area contributed by atoms with Crippen molar-refractivity contribution in [2.24, 2.45) is 5.73 Å². The van der Waals surface area contributed by atoms with Crippen molar-refractivity contribution in [3.63, 3.8) is 0 Å². The molecule has 2 heterocycles. The number of carbonyl (C=O) groups is 2. The Kier molecular flexibility index (Phi) is 5.14. The van der Waals surface area contributed by atoms with Crippen LogP contribution in [0.4, 0.5) is 0 Å². The highest BCUT2D eigenvalue weighted by atomic mass is 32.1. The molecule has 1 aliphatic heterocycles. The van der Waals surface area contributed by atoms with Crippen molar-refractivity contribution in [3.8, 4) is 0 Å². The lowest BCUT2D eigenvalue weighted by molar-refractivity contribution is -0.133. The van der Waals surface area contributed by atoms with Crippen LogP contribution < -0.4 is 5.73 Å². The van der Waals surface area contributed by atoms with E-state index in [4.69, 9.17) is 5.73 Å². The summed E-state index contributed by atoms with van der Waals surface area (Å²) >= 11 is 1.45. The Morgan fingerprint density at radius 1 is 1.30 bits per heavy atom. The van der Waals surface area contributed by atoms with Gasteiger partial charge in [-0.3, -0.25) is 9.59 Å². The van der Waals surface area contributed by atoms with Crippen LogP contribution in [0.1, 0.15) is 29.4 Å². The second-order valence-corrected chi connectivity index (χ2v) is 5.97. The van der Waals surface area contributed by atoms with Gasteiger partial charge in [0.1, 0.15) is 0 Å². The van der Waals surface area contributed by atoms with E-state index in [0.717, 1.165) is 11.3 Å². The average molecular weight is 295 g/mol. The van der Waals surface area contributed by atoms with E-state index in [9.17, 15) is 9.59 Å². The monoisotopic (exact) mass is 295 g/mol. The number of rotatable bonds is 4. The third-order valence-corrected chi connectivity index (χ3v) is 4.47. The van der Waals surface area contributed by atoms with Gasteiger partial charge in [0, 0.05) is 38.6 Å². The van der Waals surface area contributed by atoms with Crippen LogP contribution in [0, 0.1) is 0 Å². The zero-order valence-corrected chi connectivity index (χ0v) is 12.6. The highest BCUT2D eigenvalue weighted by molar-refractivity contribution is 7.12. The lowest BCUT2D eigenvalue weighted by Gasteiger charge is -2.35. The molecule has 2 amide bonds. The predicted octanol–water partition coefficient (Wildman–Crippen LogP) is 1.16. The van der Waals surface area contributed by atoms with Crippen LogP contribution in [-0.2, 0) is 4.79 Å². The molecule has 1 saturated heterocycles. The summed E-state index contributed by atoms with van der Waals surface area (Å²) in [5, 5.41) is 1.90. The standard InChI is InChI=1S/C14H21N3O2S/c1-2-11(15)10-13(18)16-5-7-17(8-6-16)14(19)12-4-3-9-20-12/h3-4,9,11H,2,5-8,10,15H2,1H3. The van der Waals surface area contributed by atoms with E-state index in [2.05, 4.69) is 0 Å². The summed E-state index contributed by atoms with van der Waals surface area (Å²) < 4.78 is 0. The number of hydrogen-bond donors (Lipinski definition) is 1. The zero-order valence-electron chi connectivity index (χ0n) is 11.7. The van der Waals surface area contributed by atoms with Gasteiger partial charge in [-0.25, -0.2) is 0 Å². The molecule has 0 aliphatic carbocycles. The predicted molar refractivity (Wildman–Crippen MR) is 79.7 cm³/mol. The van der Waals surface area contributed by atoms with E-state index in [-0.39, 0.29) is 17.9 Å². The SMILES string of the molecule is CCC(N)CC(=O)N1CCN(C(=O)c2cccs2)CC1. The Morgan fingerprint density at radius 2 is 1.95 bits per heavy atom. The first-order valence-electron chi connectivity index (χ1n) is 6.98. The van der Waals surface area contributed by atoms with Crippen molar-refractivity contribution < 1.29 is 9.59 Å². The molecule has 1 unspecified atom stereocenters. The Morgan fingerprint density at radius 3 is 2.50 bits per heavy atom. The zero-order chi connectivity index (χ0) is 14.5. The molecule has 0 saturated carbocycles. The van der Waals surface area contributed by atoms with Crippen LogP contribution in [0.5, 0.6) is 0 Å². The number of amides is 2. The maximum atomic E-state index is 12.2. The largest absolute Gasteiger partial charge is 0.339 e. The molecule has 0 bridgehead atoms. The van der Waals surface area contributed by atoms with Crippen LogP contribution >= 0.6 is 11.3 Å². The highest BCUT2D eigenvalue weighted by Crippen LogP contribution is 2.14. The van der Waals surface area contributed by atoms with Crippen LogP contribution in [0.15, 0.2) is 17.5 Å². The van der Waals surface area contributed by atoms with Gasteiger partial charge in [-0.1, -0.05) is 13.0 Å². The molecule has 2 rings (SSSR count). The van der Waals surface area contributed by atoms with Gasteiger partial charge in [0.2, 0.25) is 5.91 Å². The van der Waals surface area contributed by atoms with Gasteiger partial charge in [-0.15, -0.1) is 11.3 Å². The molecule has 20 heavy (non-hydrogen) atoms. The van der Waals surface area contributed by atoms with E-state index in [1.165, 1.54) is 11.3 Å². The number of piperazine rings is 1. The third kappa shape index (κ3) is 3.58. The number of nitrogens with zero attached hydrogens (tertiary/aromatic N) is 2.